The summed E-state index contributed by atoms with van der Waals surface area (Å²) in [5.41, 5.74) is 0.571. The Labute approximate surface area is 137 Å². The Bertz CT molecular complexity index is 555. The van der Waals surface area contributed by atoms with E-state index in [1.54, 1.807) is 12.3 Å². The fraction of sp³-hybridized carbons (Fsp3) is 0.588. The van der Waals surface area contributed by atoms with Crippen molar-refractivity contribution in [3.05, 3.63) is 23.9 Å². The van der Waals surface area contributed by atoms with E-state index in [1.165, 1.54) is 0 Å². The fourth-order valence-corrected chi connectivity index (χ4v) is 2.49. The summed E-state index contributed by atoms with van der Waals surface area (Å²) in [6, 6.07) is 6.02. The summed E-state index contributed by atoms with van der Waals surface area (Å²) in [5, 5.41) is 14.8. The topological polar surface area (TPSA) is 81.0 Å². The normalized spacial score (nSPS) is 16.7. The van der Waals surface area contributed by atoms with E-state index in [2.05, 4.69) is 40.4 Å². The molecular formula is C17H25N5O. The van der Waals surface area contributed by atoms with E-state index in [9.17, 15) is 4.79 Å². The molecule has 124 valence electrons. The van der Waals surface area contributed by atoms with E-state index < -0.39 is 0 Å². The van der Waals surface area contributed by atoms with Gasteiger partial charge in [0.1, 0.15) is 11.9 Å². The SMILES string of the molecule is CC(C)C(C)NC(=O)NC1CCN(c2ccc(C#N)cn2)CC1. The van der Waals surface area contributed by atoms with Crippen molar-refractivity contribution in [3.8, 4) is 6.07 Å². The second kappa shape index (κ2) is 7.82. The molecule has 1 atom stereocenters. The number of amides is 2. The molecule has 0 bridgehead atoms. The minimum absolute atomic E-state index is 0.0823. The number of urea groups is 1. The van der Waals surface area contributed by atoms with E-state index in [4.69, 9.17) is 5.26 Å². The van der Waals surface area contributed by atoms with Crippen LogP contribution in [0.1, 0.15) is 39.2 Å². The molecule has 0 radical (unpaired) electrons. The van der Waals surface area contributed by atoms with Gasteiger partial charge in [-0.15, -0.1) is 0 Å². The Morgan fingerprint density at radius 3 is 2.57 bits per heavy atom. The largest absolute Gasteiger partial charge is 0.356 e. The Morgan fingerprint density at radius 2 is 2.04 bits per heavy atom. The zero-order valence-corrected chi connectivity index (χ0v) is 14.0. The van der Waals surface area contributed by atoms with Crippen LogP contribution in [0.2, 0.25) is 0 Å². The van der Waals surface area contributed by atoms with Crippen LogP contribution >= 0.6 is 0 Å². The van der Waals surface area contributed by atoms with Crippen LogP contribution in [0.25, 0.3) is 0 Å². The van der Waals surface area contributed by atoms with Crippen molar-refractivity contribution in [2.45, 2.75) is 45.7 Å². The summed E-state index contributed by atoms with van der Waals surface area (Å²) in [5.74, 6) is 1.31. The van der Waals surface area contributed by atoms with Gasteiger partial charge in [0.15, 0.2) is 0 Å². The molecule has 1 saturated heterocycles. The molecule has 1 aliphatic heterocycles. The Morgan fingerprint density at radius 1 is 1.35 bits per heavy atom. The summed E-state index contributed by atoms with van der Waals surface area (Å²) in [6.45, 7) is 7.90. The summed E-state index contributed by atoms with van der Waals surface area (Å²) in [7, 11) is 0. The Balaban J connectivity index is 1.79. The van der Waals surface area contributed by atoms with Crippen LogP contribution in [0.4, 0.5) is 10.6 Å². The lowest BCUT2D eigenvalue weighted by molar-refractivity contribution is 0.228. The van der Waals surface area contributed by atoms with Gasteiger partial charge >= 0.3 is 6.03 Å². The molecule has 1 aromatic rings. The number of hydrogen-bond donors (Lipinski definition) is 2. The van der Waals surface area contributed by atoms with Crippen molar-refractivity contribution in [3.63, 3.8) is 0 Å². The zero-order chi connectivity index (χ0) is 16.8. The maximum Gasteiger partial charge on any atom is 0.315 e. The Kier molecular flexibility index (Phi) is 5.80. The van der Waals surface area contributed by atoms with Crippen LogP contribution in [0.15, 0.2) is 18.3 Å². The first kappa shape index (κ1) is 17.1. The highest BCUT2D eigenvalue weighted by molar-refractivity contribution is 5.74. The number of rotatable bonds is 4. The maximum absolute atomic E-state index is 12.0. The summed E-state index contributed by atoms with van der Waals surface area (Å²) >= 11 is 0. The number of carbonyl (C=O) groups excluding carboxylic acids is 1. The van der Waals surface area contributed by atoms with Crippen LogP contribution in [-0.4, -0.2) is 36.2 Å². The van der Waals surface area contributed by atoms with Crippen molar-refractivity contribution < 1.29 is 4.79 Å². The van der Waals surface area contributed by atoms with Gasteiger partial charge in [0.2, 0.25) is 0 Å². The third-order valence-electron chi connectivity index (χ3n) is 4.39. The van der Waals surface area contributed by atoms with Gasteiger partial charge in [0.05, 0.1) is 5.56 Å². The van der Waals surface area contributed by atoms with E-state index in [0.717, 1.165) is 31.7 Å². The number of piperidine rings is 1. The lowest BCUT2D eigenvalue weighted by Gasteiger charge is -2.33. The standard InChI is InChI=1S/C17H25N5O/c1-12(2)13(3)20-17(23)21-15-6-8-22(9-7-15)16-5-4-14(10-18)11-19-16/h4-5,11-13,15H,6-9H2,1-3H3,(H2,20,21,23). The molecule has 2 rings (SSSR count). The van der Waals surface area contributed by atoms with Crippen LogP contribution in [0, 0.1) is 17.2 Å². The van der Waals surface area contributed by atoms with Crippen molar-refractivity contribution in [1.82, 2.24) is 15.6 Å². The highest BCUT2D eigenvalue weighted by Gasteiger charge is 2.22. The first-order valence-electron chi connectivity index (χ1n) is 8.17. The van der Waals surface area contributed by atoms with Gasteiger partial charge in [-0.25, -0.2) is 9.78 Å². The first-order chi connectivity index (χ1) is 11.0. The number of nitriles is 1. The van der Waals surface area contributed by atoms with Gasteiger partial charge in [-0.1, -0.05) is 13.8 Å². The number of nitrogens with one attached hydrogen (secondary N) is 2. The molecule has 1 unspecified atom stereocenters. The van der Waals surface area contributed by atoms with Gasteiger partial charge in [-0.2, -0.15) is 5.26 Å². The van der Waals surface area contributed by atoms with E-state index in [0.29, 0.717) is 11.5 Å². The van der Waals surface area contributed by atoms with Crippen LogP contribution in [-0.2, 0) is 0 Å². The van der Waals surface area contributed by atoms with Crippen molar-refractivity contribution in [1.29, 1.82) is 5.26 Å². The molecular weight excluding hydrogens is 290 g/mol. The quantitative estimate of drug-likeness (QED) is 0.893. The zero-order valence-electron chi connectivity index (χ0n) is 14.0. The third kappa shape index (κ3) is 4.85. The molecule has 0 saturated carbocycles. The third-order valence-corrected chi connectivity index (χ3v) is 4.39. The molecule has 1 fully saturated rings. The second-order valence-corrected chi connectivity index (χ2v) is 6.43. The number of aromatic nitrogens is 1. The van der Waals surface area contributed by atoms with Crippen molar-refractivity contribution in [2.24, 2.45) is 5.92 Å². The van der Waals surface area contributed by atoms with Crippen molar-refractivity contribution in [2.75, 3.05) is 18.0 Å². The van der Waals surface area contributed by atoms with Crippen LogP contribution < -0.4 is 15.5 Å². The number of anilines is 1. The predicted molar refractivity (Wildman–Crippen MR) is 90.2 cm³/mol. The maximum atomic E-state index is 12.0. The molecule has 2 amide bonds. The predicted octanol–water partition coefficient (Wildman–Crippen LogP) is 2.27. The molecule has 0 aliphatic carbocycles. The van der Waals surface area contributed by atoms with E-state index in [-0.39, 0.29) is 18.1 Å². The summed E-state index contributed by atoms with van der Waals surface area (Å²) in [4.78, 5) is 18.5. The monoisotopic (exact) mass is 315 g/mol. The first-order valence-corrected chi connectivity index (χ1v) is 8.17. The molecule has 6 nitrogen and oxygen atoms in total. The minimum Gasteiger partial charge on any atom is -0.356 e. The molecule has 2 heterocycles. The molecule has 0 aromatic carbocycles. The van der Waals surface area contributed by atoms with Gasteiger partial charge < -0.3 is 15.5 Å². The average Bonchev–Trinajstić information content (AvgIpc) is 2.55. The molecule has 2 N–H and O–H groups in total. The van der Waals surface area contributed by atoms with Gasteiger partial charge in [-0.05, 0) is 37.8 Å². The lowest BCUT2D eigenvalue weighted by atomic mass is 10.0. The van der Waals surface area contributed by atoms with Gasteiger partial charge in [-0.3, -0.25) is 0 Å². The van der Waals surface area contributed by atoms with Gasteiger partial charge in [0.25, 0.3) is 0 Å². The molecule has 6 heteroatoms. The smallest absolute Gasteiger partial charge is 0.315 e. The van der Waals surface area contributed by atoms with Crippen molar-refractivity contribution >= 4 is 11.8 Å². The molecule has 1 aromatic heterocycles. The lowest BCUT2D eigenvalue weighted by Crippen LogP contribution is -2.50. The Hall–Kier alpha value is -2.29. The summed E-state index contributed by atoms with van der Waals surface area (Å²) in [6.07, 6.45) is 3.39. The number of carbonyl (C=O) groups is 1. The van der Waals surface area contributed by atoms with E-state index in [1.807, 2.05) is 13.0 Å². The molecule has 23 heavy (non-hydrogen) atoms. The highest BCUT2D eigenvalue weighted by atomic mass is 16.2. The molecule has 1 aliphatic rings. The van der Waals surface area contributed by atoms with E-state index >= 15 is 0 Å². The van der Waals surface area contributed by atoms with Crippen LogP contribution in [0.5, 0.6) is 0 Å². The minimum atomic E-state index is -0.0823. The fourth-order valence-electron chi connectivity index (χ4n) is 2.49. The number of nitrogens with zero attached hydrogens (tertiary/aromatic N) is 3. The number of pyridine rings is 1. The van der Waals surface area contributed by atoms with Crippen LogP contribution in [0.3, 0.4) is 0 Å². The average molecular weight is 315 g/mol. The summed E-state index contributed by atoms with van der Waals surface area (Å²) < 4.78 is 0. The number of hydrogen-bond acceptors (Lipinski definition) is 4. The molecule has 0 spiro atoms. The second-order valence-electron chi connectivity index (χ2n) is 6.43. The van der Waals surface area contributed by atoms with Gasteiger partial charge in [0, 0.05) is 31.4 Å². The highest BCUT2D eigenvalue weighted by Crippen LogP contribution is 2.18.